The fourth-order valence-corrected chi connectivity index (χ4v) is 2.58. The van der Waals surface area contributed by atoms with Gasteiger partial charge in [-0.1, -0.05) is 0 Å². The summed E-state index contributed by atoms with van der Waals surface area (Å²) in [6, 6.07) is 0.253. The van der Waals surface area contributed by atoms with Crippen molar-refractivity contribution in [2.24, 2.45) is 0 Å². The van der Waals surface area contributed by atoms with Crippen LogP contribution in [0.25, 0.3) is 0 Å². The SMILES string of the molecule is CCN(CC)C(=O)N1CCCCC1c1ncc[nH]1. The monoisotopic (exact) mass is 250 g/mol. The Morgan fingerprint density at radius 3 is 2.89 bits per heavy atom. The summed E-state index contributed by atoms with van der Waals surface area (Å²) in [7, 11) is 0. The first-order valence-corrected chi connectivity index (χ1v) is 6.82. The van der Waals surface area contributed by atoms with Gasteiger partial charge in [0.1, 0.15) is 5.82 Å². The number of carbonyl (C=O) groups excluding carboxylic acids is 1. The molecule has 2 heterocycles. The van der Waals surface area contributed by atoms with E-state index in [1.165, 1.54) is 0 Å². The lowest BCUT2D eigenvalue weighted by Gasteiger charge is -2.37. The summed E-state index contributed by atoms with van der Waals surface area (Å²) in [5, 5.41) is 0. The third kappa shape index (κ3) is 2.49. The number of H-pyrrole nitrogens is 1. The van der Waals surface area contributed by atoms with Crippen LogP contribution in [0.3, 0.4) is 0 Å². The summed E-state index contributed by atoms with van der Waals surface area (Å²) in [4.78, 5) is 23.8. The Bertz CT molecular complexity index is 372. The highest BCUT2D eigenvalue weighted by Crippen LogP contribution is 2.29. The third-order valence-corrected chi connectivity index (χ3v) is 3.62. The van der Waals surface area contributed by atoms with Crippen molar-refractivity contribution in [3.05, 3.63) is 18.2 Å². The van der Waals surface area contributed by atoms with E-state index in [0.29, 0.717) is 0 Å². The van der Waals surface area contributed by atoms with E-state index in [1.807, 2.05) is 29.8 Å². The predicted molar refractivity (Wildman–Crippen MR) is 70.2 cm³/mol. The molecule has 1 aliphatic rings. The molecule has 0 saturated carbocycles. The Balaban J connectivity index is 2.15. The number of imidazole rings is 1. The van der Waals surface area contributed by atoms with Gasteiger partial charge < -0.3 is 14.8 Å². The predicted octanol–water partition coefficient (Wildman–Crippen LogP) is 2.40. The highest BCUT2D eigenvalue weighted by atomic mass is 16.2. The smallest absolute Gasteiger partial charge is 0.320 e. The third-order valence-electron chi connectivity index (χ3n) is 3.62. The molecular formula is C13H22N4O. The maximum absolute atomic E-state index is 12.5. The van der Waals surface area contributed by atoms with Gasteiger partial charge in [-0.25, -0.2) is 9.78 Å². The van der Waals surface area contributed by atoms with Crippen LogP contribution < -0.4 is 0 Å². The topological polar surface area (TPSA) is 52.2 Å². The van der Waals surface area contributed by atoms with Gasteiger partial charge in [0, 0.05) is 32.0 Å². The van der Waals surface area contributed by atoms with Crippen molar-refractivity contribution < 1.29 is 4.79 Å². The number of rotatable bonds is 3. The van der Waals surface area contributed by atoms with E-state index in [2.05, 4.69) is 9.97 Å². The van der Waals surface area contributed by atoms with Crippen LogP contribution in [0, 0.1) is 0 Å². The maximum atomic E-state index is 12.5. The molecule has 0 aromatic carbocycles. The lowest BCUT2D eigenvalue weighted by Crippen LogP contribution is -2.47. The highest BCUT2D eigenvalue weighted by Gasteiger charge is 2.31. The molecule has 5 heteroatoms. The summed E-state index contributed by atoms with van der Waals surface area (Å²) in [6.07, 6.45) is 6.83. The van der Waals surface area contributed by atoms with Gasteiger partial charge in [-0.3, -0.25) is 0 Å². The number of piperidine rings is 1. The summed E-state index contributed by atoms with van der Waals surface area (Å²) in [6.45, 7) is 6.40. The van der Waals surface area contributed by atoms with E-state index >= 15 is 0 Å². The number of hydrogen-bond acceptors (Lipinski definition) is 2. The number of urea groups is 1. The average molecular weight is 250 g/mol. The van der Waals surface area contributed by atoms with Crippen LogP contribution in [0.2, 0.25) is 0 Å². The molecule has 1 aliphatic heterocycles. The van der Waals surface area contributed by atoms with Crippen molar-refractivity contribution in [3.63, 3.8) is 0 Å². The summed E-state index contributed by atoms with van der Waals surface area (Å²) in [5.41, 5.74) is 0. The number of hydrogen-bond donors (Lipinski definition) is 1. The first-order chi connectivity index (χ1) is 8.77. The van der Waals surface area contributed by atoms with Gasteiger partial charge in [0.15, 0.2) is 0 Å². The second kappa shape index (κ2) is 5.89. The number of nitrogens with one attached hydrogen (secondary N) is 1. The Hall–Kier alpha value is -1.52. The molecular weight excluding hydrogens is 228 g/mol. The van der Waals surface area contributed by atoms with Crippen LogP contribution in [-0.2, 0) is 0 Å². The van der Waals surface area contributed by atoms with E-state index < -0.39 is 0 Å². The second-order valence-corrected chi connectivity index (χ2v) is 4.63. The van der Waals surface area contributed by atoms with Gasteiger partial charge in [-0.15, -0.1) is 0 Å². The van der Waals surface area contributed by atoms with Crippen LogP contribution in [0.5, 0.6) is 0 Å². The molecule has 0 radical (unpaired) electrons. The molecule has 0 bridgehead atoms. The number of amides is 2. The minimum Gasteiger partial charge on any atom is -0.347 e. The standard InChI is InChI=1S/C13H22N4O/c1-3-16(4-2)13(18)17-10-6-5-7-11(17)12-14-8-9-15-12/h8-9,11H,3-7,10H2,1-2H3,(H,14,15). The molecule has 2 rings (SSSR count). The number of aromatic nitrogens is 2. The maximum Gasteiger partial charge on any atom is 0.320 e. The zero-order chi connectivity index (χ0) is 13.0. The Labute approximate surface area is 108 Å². The Morgan fingerprint density at radius 2 is 2.28 bits per heavy atom. The zero-order valence-corrected chi connectivity index (χ0v) is 11.2. The Kier molecular flexibility index (Phi) is 4.23. The van der Waals surface area contributed by atoms with Crippen molar-refractivity contribution in [1.29, 1.82) is 0 Å². The summed E-state index contributed by atoms with van der Waals surface area (Å²) < 4.78 is 0. The molecule has 1 N–H and O–H groups in total. The highest BCUT2D eigenvalue weighted by molar-refractivity contribution is 5.75. The number of nitrogens with zero attached hydrogens (tertiary/aromatic N) is 3. The fourth-order valence-electron chi connectivity index (χ4n) is 2.58. The fraction of sp³-hybridized carbons (Fsp3) is 0.692. The molecule has 18 heavy (non-hydrogen) atoms. The quantitative estimate of drug-likeness (QED) is 0.895. The molecule has 1 unspecified atom stereocenters. The van der Waals surface area contributed by atoms with Gasteiger partial charge in [-0.05, 0) is 33.1 Å². The van der Waals surface area contributed by atoms with Gasteiger partial charge >= 0.3 is 6.03 Å². The average Bonchev–Trinajstić information content (AvgIpc) is 2.94. The largest absolute Gasteiger partial charge is 0.347 e. The zero-order valence-electron chi connectivity index (χ0n) is 11.2. The molecule has 0 aliphatic carbocycles. The molecule has 1 aromatic heterocycles. The van der Waals surface area contributed by atoms with Crippen molar-refractivity contribution in [1.82, 2.24) is 19.8 Å². The van der Waals surface area contributed by atoms with E-state index in [1.54, 1.807) is 6.20 Å². The van der Waals surface area contributed by atoms with Crippen LogP contribution >= 0.6 is 0 Å². The van der Waals surface area contributed by atoms with E-state index in [-0.39, 0.29) is 12.1 Å². The minimum absolute atomic E-state index is 0.113. The second-order valence-electron chi connectivity index (χ2n) is 4.63. The summed E-state index contributed by atoms with van der Waals surface area (Å²) in [5.74, 6) is 0.912. The van der Waals surface area contributed by atoms with Gasteiger partial charge in [0.2, 0.25) is 0 Å². The van der Waals surface area contributed by atoms with E-state index in [9.17, 15) is 4.79 Å². The van der Waals surface area contributed by atoms with Crippen LogP contribution in [0.4, 0.5) is 4.79 Å². The van der Waals surface area contributed by atoms with E-state index in [0.717, 1.165) is 44.7 Å². The normalized spacial score (nSPS) is 19.9. The van der Waals surface area contributed by atoms with Crippen molar-refractivity contribution in [2.45, 2.75) is 39.2 Å². The van der Waals surface area contributed by atoms with Crippen molar-refractivity contribution in [3.8, 4) is 0 Å². The molecule has 1 fully saturated rings. The lowest BCUT2D eigenvalue weighted by molar-refractivity contribution is 0.115. The number of aromatic amines is 1. The molecule has 1 atom stereocenters. The molecule has 5 nitrogen and oxygen atoms in total. The Morgan fingerprint density at radius 1 is 1.50 bits per heavy atom. The van der Waals surface area contributed by atoms with Crippen molar-refractivity contribution >= 4 is 6.03 Å². The molecule has 0 spiro atoms. The lowest BCUT2D eigenvalue weighted by atomic mass is 10.0. The van der Waals surface area contributed by atoms with Crippen LogP contribution in [0.1, 0.15) is 45.0 Å². The molecule has 1 saturated heterocycles. The van der Waals surface area contributed by atoms with Gasteiger partial charge in [0.05, 0.1) is 6.04 Å². The molecule has 100 valence electrons. The first-order valence-electron chi connectivity index (χ1n) is 6.82. The van der Waals surface area contributed by atoms with Crippen molar-refractivity contribution in [2.75, 3.05) is 19.6 Å². The summed E-state index contributed by atoms with van der Waals surface area (Å²) >= 11 is 0. The molecule has 1 aromatic rings. The van der Waals surface area contributed by atoms with Gasteiger partial charge in [0.25, 0.3) is 0 Å². The first kappa shape index (κ1) is 12.9. The van der Waals surface area contributed by atoms with E-state index in [4.69, 9.17) is 0 Å². The number of carbonyl (C=O) groups is 1. The number of likely N-dealkylation sites (tertiary alicyclic amines) is 1. The van der Waals surface area contributed by atoms with Gasteiger partial charge in [-0.2, -0.15) is 0 Å². The van der Waals surface area contributed by atoms with Crippen LogP contribution in [0.15, 0.2) is 12.4 Å². The van der Waals surface area contributed by atoms with Crippen LogP contribution in [-0.4, -0.2) is 45.4 Å². The minimum atomic E-state index is 0.113. The molecule has 2 amide bonds.